The molecule has 0 bridgehead atoms. The summed E-state index contributed by atoms with van der Waals surface area (Å²) in [5.74, 6) is -0.609. The van der Waals surface area contributed by atoms with Crippen LogP contribution in [0.2, 0.25) is 51.4 Å². The van der Waals surface area contributed by atoms with Crippen molar-refractivity contribution in [3.63, 3.8) is 0 Å². The SMILES string of the molecule is C=C(C#N)C(=O)C[Si](C)(C)O[Si](C)(C)O[Si](C)(C)CC(=O)C(=C)C#N. The monoisotopic (exact) mass is 394 g/mol. The molecular formula is C16H26N2O4Si3. The van der Waals surface area contributed by atoms with E-state index in [4.69, 9.17) is 18.8 Å². The predicted octanol–water partition coefficient (Wildman–Crippen LogP) is 3.43. The van der Waals surface area contributed by atoms with Crippen LogP contribution in [0.3, 0.4) is 0 Å². The maximum Gasteiger partial charge on any atom is 0.311 e. The average molecular weight is 395 g/mol. The van der Waals surface area contributed by atoms with Gasteiger partial charge >= 0.3 is 8.56 Å². The summed E-state index contributed by atoms with van der Waals surface area (Å²) in [6.07, 6.45) is 0. The van der Waals surface area contributed by atoms with Crippen molar-refractivity contribution in [3.05, 3.63) is 24.3 Å². The zero-order chi connectivity index (χ0) is 20.1. The van der Waals surface area contributed by atoms with Crippen molar-refractivity contribution in [2.75, 3.05) is 0 Å². The van der Waals surface area contributed by atoms with Gasteiger partial charge in [-0.3, -0.25) is 9.59 Å². The smallest absolute Gasteiger partial charge is 0.311 e. The van der Waals surface area contributed by atoms with Crippen molar-refractivity contribution in [3.8, 4) is 12.1 Å². The Morgan fingerprint density at radius 2 is 1.08 bits per heavy atom. The molecule has 0 aliphatic heterocycles. The predicted molar refractivity (Wildman–Crippen MR) is 104 cm³/mol. The maximum atomic E-state index is 11.9. The highest BCUT2D eigenvalue weighted by atomic mass is 28.5. The Kier molecular flexibility index (Phi) is 8.08. The largest absolute Gasteiger partial charge is 0.436 e. The Bertz CT molecular complexity index is 614. The molecule has 0 unspecified atom stereocenters. The summed E-state index contributed by atoms with van der Waals surface area (Å²) in [5, 5.41) is 17.5. The lowest BCUT2D eigenvalue weighted by Crippen LogP contribution is -2.53. The molecule has 0 aliphatic carbocycles. The molecule has 136 valence electrons. The number of nitriles is 2. The van der Waals surface area contributed by atoms with Gasteiger partial charge in [-0.15, -0.1) is 0 Å². The fraction of sp³-hybridized carbons (Fsp3) is 0.500. The van der Waals surface area contributed by atoms with Crippen molar-refractivity contribution >= 4 is 36.8 Å². The molecule has 0 radical (unpaired) electrons. The Hall–Kier alpha value is -1.63. The van der Waals surface area contributed by atoms with E-state index in [9.17, 15) is 9.59 Å². The zero-order valence-corrected chi connectivity index (χ0v) is 18.9. The second-order valence-corrected chi connectivity index (χ2v) is 19.7. The van der Waals surface area contributed by atoms with Crippen molar-refractivity contribution < 1.29 is 17.8 Å². The molecule has 6 nitrogen and oxygen atoms in total. The first-order valence-electron chi connectivity index (χ1n) is 7.79. The summed E-state index contributed by atoms with van der Waals surface area (Å²) in [6, 6.07) is 3.84. The number of hydrogen-bond acceptors (Lipinski definition) is 6. The minimum absolute atomic E-state index is 0.0696. The van der Waals surface area contributed by atoms with Crippen LogP contribution < -0.4 is 0 Å². The summed E-state index contributed by atoms with van der Waals surface area (Å²) in [7, 11) is -7.42. The minimum Gasteiger partial charge on any atom is -0.436 e. The topological polar surface area (TPSA) is 100 Å². The molecular weight excluding hydrogens is 368 g/mol. The number of rotatable bonds is 10. The van der Waals surface area contributed by atoms with Gasteiger partial charge in [-0.25, -0.2) is 0 Å². The second-order valence-electron chi connectivity index (χ2n) is 7.50. The van der Waals surface area contributed by atoms with Crippen LogP contribution in [0.25, 0.3) is 0 Å². The number of ketones is 2. The van der Waals surface area contributed by atoms with E-state index >= 15 is 0 Å². The van der Waals surface area contributed by atoms with Crippen LogP contribution in [-0.2, 0) is 17.8 Å². The highest BCUT2D eigenvalue weighted by Gasteiger charge is 2.41. The van der Waals surface area contributed by atoms with Gasteiger partial charge in [-0.05, 0) is 39.3 Å². The molecule has 0 saturated heterocycles. The van der Waals surface area contributed by atoms with Crippen LogP contribution in [0.4, 0.5) is 0 Å². The summed E-state index contributed by atoms with van der Waals surface area (Å²) in [5.41, 5.74) is -0.139. The third-order valence-corrected chi connectivity index (χ3v) is 13.9. The summed E-state index contributed by atoms with van der Waals surface area (Å²) in [4.78, 5) is 23.9. The third-order valence-electron chi connectivity index (χ3n) is 3.16. The zero-order valence-electron chi connectivity index (χ0n) is 15.9. The quantitative estimate of drug-likeness (QED) is 0.320. The molecule has 0 amide bonds. The van der Waals surface area contributed by atoms with E-state index in [0.717, 1.165) is 0 Å². The number of Topliss-reactive ketones (excluding diaryl/α,β-unsaturated/α-hetero) is 2. The Balaban J connectivity index is 5.02. The number of carbonyl (C=O) groups is 2. The highest BCUT2D eigenvalue weighted by molar-refractivity contribution is 6.89. The fourth-order valence-corrected chi connectivity index (χ4v) is 16.3. The first-order valence-corrected chi connectivity index (χ1v) is 16.8. The molecule has 0 N–H and O–H groups in total. The van der Waals surface area contributed by atoms with E-state index in [1.165, 1.54) is 0 Å². The van der Waals surface area contributed by atoms with E-state index in [2.05, 4.69) is 13.2 Å². The van der Waals surface area contributed by atoms with Crippen LogP contribution >= 0.6 is 0 Å². The standard InChI is InChI=1S/C16H26N2O4Si3/c1-13(9-17)15(19)11-23(3,4)21-25(7,8)22-24(5,6)12-16(20)14(2)10-18/h1-2,11-12H2,3-8H3. The maximum absolute atomic E-state index is 11.9. The molecule has 0 fully saturated rings. The van der Waals surface area contributed by atoms with Crippen LogP contribution in [-0.4, -0.2) is 36.8 Å². The van der Waals surface area contributed by atoms with Gasteiger partial charge in [0.15, 0.2) is 28.2 Å². The Morgan fingerprint density at radius 1 is 0.800 bits per heavy atom. The number of carbonyl (C=O) groups excluding carboxylic acids is 2. The van der Waals surface area contributed by atoms with Gasteiger partial charge in [0.1, 0.15) is 12.1 Å². The van der Waals surface area contributed by atoms with Gasteiger partial charge < -0.3 is 8.23 Å². The number of nitrogens with zero attached hydrogens (tertiary/aromatic N) is 2. The van der Waals surface area contributed by atoms with E-state index < -0.39 is 25.2 Å². The van der Waals surface area contributed by atoms with Crippen molar-refractivity contribution in [2.24, 2.45) is 0 Å². The second kappa shape index (κ2) is 8.65. The minimum atomic E-state index is -2.60. The summed E-state index contributed by atoms with van der Waals surface area (Å²) < 4.78 is 12.4. The van der Waals surface area contributed by atoms with Gasteiger partial charge in [-0.1, -0.05) is 13.2 Å². The van der Waals surface area contributed by atoms with Gasteiger partial charge in [-0.2, -0.15) is 10.5 Å². The number of hydrogen-bond donors (Lipinski definition) is 0. The van der Waals surface area contributed by atoms with Crippen LogP contribution in [0.15, 0.2) is 24.3 Å². The molecule has 0 aliphatic rings. The molecule has 9 heteroatoms. The molecule has 25 heavy (non-hydrogen) atoms. The lowest BCUT2D eigenvalue weighted by Gasteiger charge is -2.38. The molecule has 0 rings (SSSR count). The van der Waals surface area contributed by atoms with Crippen LogP contribution in [0.1, 0.15) is 0 Å². The molecule has 0 aromatic heterocycles. The highest BCUT2D eigenvalue weighted by Crippen LogP contribution is 2.26. The van der Waals surface area contributed by atoms with Gasteiger partial charge in [0, 0.05) is 12.1 Å². The fourth-order valence-electron chi connectivity index (χ4n) is 2.54. The Labute approximate surface area is 153 Å². The lowest BCUT2D eigenvalue weighted by atomic mass is 10.2. The Morgan fingerprint density at radius 3 is 1.32 bits per heavy atom. The third kappa shape index (κ3) is 8.86. The van der Waals surface area contributed by atoms with Crippen LogP contribution in [0.5, 0.6) is 0 Å². The van der Waals surface area contributed by atoms with Gasteiger partial charge in [0.05, 0.1) is 11.1 Å². The van der Waals surface area contributed by atoms with Gasteiger partial charge in [0.25, 0.3) is 0 Å². The van der Waals surface area contributed by atoms with Crippen molar-refractivity contribution in [1.29, 1.82) is 10.5 Å². The van der Waals surface area contributed by atoms with E-state index in [-0.39, 0.29) is 34.8 Å². The molecule has 0 aromatic rings. The van der Waals surface area contributed by atoms with Crippen molar-refractivity contribution in [2.45, 2.75) is 51.4 Å². The molecule has 0 heterocycles. The van der Waals surface area contributed by atoms with Crippen molar-refractivity contribution in [1.82, 2.24) is 0 Å². The van der Waals surface area contributed by atoms with E-state index in [1.807, 2.05) is 39.3 Å². The molecule has 0 saturated carbocycles. The lowest BCUT2D eigenvalue weighted by molar-refractivity contribution is -0.114. The average Bonchev–Trinajstić information content (AvgIpc) is 2.41. The summed E-state index contributed by atoms with van der Waals surface area (Å²) >= 11 is 0. The first kappa shape index (κ1) is 23.4. The summed E-state index contributed by atoms with van der Waals surface area (Å²) in [6.45, 7) is 18.2. The van der Waals surface area contributed by atoms with E-state index in [0.29, 0.717) is 0 Å². The number of allylic oxidation sites excluding steroid dienone is 2. The van der Waals surface area contributed by atoms with Crippen LogP contribution in [0, 0.1) is 22.7 Å². The first-order chi connectivity index (χ1) is 11.1. The van der Waals surface area contributed by atoms with Gasteiger partial charge in [0.2, 0.25) is 0 Å². The van der Waals surface area contributed by atoms with E-state index in [1.54, 1.807) is 12.1 Å². The molecule has 0 aromatic carbocycles. The molecule has 0 spiro atoms. The molecule has 0 atom stereocenters. The normalized spacial score (nSPS) is 12.0.